The second-order valence-electron chi connectivity index (χ2n) is 4.34. The van der Waals surface area contributed by atoms with Crippen molar-refractivity contribution in [2.45, 2.75) is 13.1 Å². The number of fused-ring (bicyclic) bond motifs is 1. The molecular weight excluding hydrogens is 246 g/mol. The van der Waals surface area contributed by atoms with Crippen LogP contribution in [0.5, 0.6) is 5.75 Å². The van der Waals surface area contributed by atoms with E-state index < -0.39 is 0 Å². The predicted molar refractivity (Wildman–Crippen MR) is 73.8 cm³/mol. The fourth-order valence-electron chi connectivity index (χ4n) is 2.13. The molecule has 0 bridgehead atoms. The monoisotopic (exact) mass is 263 g/mol. The SMILES string of the molecule is CNC(C)n1c(=O)c2c(OC)cccc2n(C)c1=O. The van der Waals surface area contributed by atoms with E-state index in [4.69, 9.17) is 4.74 Å². The van der Waals surface area contributed by atoms with E-state index >= 15 is 0 Å². The van der Waals surface area contributed by atoms with Crippen LogP contribution in [-0.2, 0) is 7.05 Å². The van der Waals surface area contributed by atoms with Gasteiger partial charge in [0.1, 0.15) is 11.1 Å². The number of aromatic nitrogens is 2. The summed E-state index contributed by atoms with van der Waals surface area (Å²) in [7, 11) is 4.84. The molecule has 1 N–H and O–H groups in total. The standard InChI is InChI=1S/C13H17N3O3/c1-8(14-2)16-12(17)11-9(15(3)13(16)18)6-5-7-10(11)19-4/h5-8,14H,1-4H3. The number of nitrogens with zero attached hydrogens (tertiary/aromatic N) is 2. The Balaban J connectivity index is 3.02. The molecule has 1 aromatic heterocycles. The van der Waals surface area contributed by atoms with Gasteiger partial charge in [-0.25, -0.2) is 9.36 Å². The van der Waals surface area contributed by atoms with E-state index in [-0.39, 0.29) is 17.4 Å². The molecule has 0 fully saturated rings. The van der Waals surface area contributed by atoms with Gasteiger partial charge in [-0.1, -0.05) is 6.07 Å². The van der Waals surface area contributed by atoms with Crippen LogP contribution in [0.2, 0.25) is 0 Å². The Bertz CT molecular complexity index is 730. The highest BCUT2D eigenvalue weighted by Gasteiger charge is 2.17. The molecule has 19 heavy (non-hydrogen) atoms. The normalized spacial score (nSPS) is 12.6. The molecule has 0 saturated heterocycles. The van der Waals surface area contributed by atoms with Crippen molar-refractivity contribution in [1.29, 1.82) is 0 Å². The molecule has 0 spiro atoms. The second kappa shape index (κ2) is 4.89. The number of aryl methyl sites for hydroxylation is 1. The number of hydrogen-bond acceptors (Lipinski definition) is 4. The summed E-state index contributed by atoms with van der Waals surface area (Å²) < 4.78 is 7.86. The van der Waals surface area contributed by atoms with Gasteiger partial charge in [0.05, 0.1) is 18.8 Å². The molecule has 0 radical (unpaired) electrons. The summed E-state index contributed by atoms with van der Waals surface area (Å²) in [5.41, 5.74) is -0.140. The molecule has 0 aliphatic heterocycles. The van der Waals surface area contributed by atoms with Crippen LogP contribution in [0, 0.1) is 0 Å². The summed E-state index contributed by atoms with van der Waals surface area (Å²) in [5.74, 6) is 0.468. The van der Waals surface area contributed by atoms with Crippen LogP contribution < -0.4 is 21.3 Å². The van der Waals surface area contributed by atoms with Crippen molar-refractivity contribution in [1.82, 2.24) is 14.5 Å². The van der Waals surface area contributed by atoms with Crippen molar-refractivity contribution in [3.05, 3.63) is 39.0 Å². The Morgan fingerprint density at radius 2 is 2.00 bits per heavy atom. The minimum Gasteiger partial charge on any atom is -0.496 e. The Morgan fingerprint density at radius 1 is 1.32 bits per heavy atom. The van der Waals surface area contributed by atoms with Crippen molar-refractivity contribution < 1.29 is 4.74 Å². The van der Waals surface area contributed by atoms with E-state index in [1.54, 1.807) is 39.2 Å². The fraction of sp³-hybridized carbons (Fsp3) is 0.385. The molecule has 0 amide bonds. The van der Waals surface area contributed by atoms with Gasteiger partial charge in [0, 0.05) is 7.05 Å². The Morgan fingerprint density at radius 3 is 2.58 bits per heavy atom. The summed E-state index contributed by atoms with van der Waals surface area (Å²) in [4.78, 5) is 24.8. The van der Waals surface area contributed by atoms with E-state index in [1.165, 1.54) is 16.2 Å². The third-order valence-electron chi connectivity index (χ3n) is 3.32. The number of benzene rings is 1. The minimum atomic E-state index is -0.388. The van der Waals surface area contributed by atoms with Crippen LogP contribution in [0.1, 0.15) is 13.1 Å². The molecular formula is C13H17N3O3. The molecule has 0 aliphatic rings. The third-order valence-corrected chi connectivity index (χ3v) is 3.32. The average Bonchev–Trinajstić information content (AvgIpc) is 2.43. The summed E-state index contributed by atoms with van der Waals surface area (Å²) >= 11 is 0. The van der Waals surface area contributed by atoms with E-state index in [0.29, 0.717) is 16.7 Å². The number of hydrogen-bond donors (Lipinski definition) is 1. The lowest BCUT2D eigenvalue weighted by Crippen LogP contribution is -2.44. The molecule has 1 atom stereocenters. The lowest BCUT2D eigenvalue weighted by Gasteiger charge is -2.17. The maximum Gasteiger partial charge on any atom is 0.332 e. The maximum absolute atomic E-state index is 12.5. The minimum absolute atomic E-state index is 0.350. The molecule has 2 aromatic rings. The zero-order valence-electron chi connectivity index (χ0n) is 11.4. The van der Waals surface area contributed by atoms with Gasteiger partial charge < -0.3 is 10.1 Å². The van der Waals surface area contributed by atoms with Gasteiger partial charge >= 0.3 is 5.69 Å². The Labute approximate surface area is 110 Å². The van der Waals surface area contributed by atoms with E-state index in [1.807, 2.05) is 0 Å². The van der Waals surface area contributed by atoms with Crippen LogP contribution >= 0.6 is 0 Å². The van der Waals surface area contributed by atoms with Crippen LogP contribution in [0.4, 0.5) is 0 Å². The highest BCUT2D eigenvalue weighted by atomic mass is 16.5. The van der Waals surface area contributed by atoms with Gasteiger partial charge in [-0.05, 0) is 26.1 Å². The first-order chi connectivity index (χ1) is 9.02. The number of ether oxygens (including phenoxy) is 1. The first-order valence-electron chi connectivity index (χ1n) is 5.98. The summed E-state index contributed by atoms with van der Waals surface area (Å²) in [6.07, 6.45) is -0.388. The Kier molecular flexibility index (Phi) is 3.44. The molecule has 0 aliphatic carbocycles. The second-order valence-corrected chi connectivity index (χ2v) is 4.34. The molecule has 6 heteroatoms. The molecule has 1 aromatic carbocycles. The lowest BCUT2D eigenvalue weighted by molar-refractivity contribution is 0.414. The van der Waals surface area contributed by atoms with Gasteiger partial charge in [0.25, 0.3) is 5.56 Å². The largest absolute Gasteiger partial charge is 0.496 e. The van der Waals surface area contributed by atoms with Gasteiger partial charge in [0.2, 0.25) is 0 Å². The topological polar surface area (TPSA) is 65.3 Å². The zero-order valence-corrected chi connectivity index (χ0v) is 11.4. The molecule has 6 nitrogen and oxygen atoms in total. The third kappa shape index (κ3) is 1.94. The van der Waals surface area contributed by atoms with Crippen molar-refractivity contribution in [2.75, 3.05) is 14.2 Å². The summed E-state index contributed by atoms with van der Waals surface area (Å²) in [6.45, 7) is 1.75. The van der Waals surface area contributed by atoms with E-state index in [9.17, 15) is 9.59 Å². The average molecular weight is 263 g/mol. The smallest absolute Gasteiger partial charge is 0.332 e. The van der Waals surface area contributed by atoms with Gasteiger partial charge in [-0.3, -0.25) is 9.36 Å². The fourth-order valence-corrected chi connectivity index (χ4v) is 2.13. The highest BCUT2D eigenvalue weighted by molar-refractivity contribution is 5.84. The summed E-state index contributed by atoms with van der Waals surface area (Å²) in [5, 5.41) is 3.31. The van der Waals surface area contributed by atoms with Crippen LogP contribution in [0.15, 0.2) is 27.8 Å². The van der Waals surface area contributed by atoms with Crippen molar-refractivity contribution in [2.24, 2.45) is 7.05 Å². The van der Waals surface area contributed by atoms with Crippen LogP contribution in [0.3, 0.4) is 0 Å². The molecule has 0 saturated carbocycles. The lowest BCUT2D eigenvalue weighted by atomic mass is 10.2. The predicted octanol–water partition coefficient (Wildman–Crippen LogP) is 0.447. The van der Waals surface area contributed by atoms with E-state index in [2.05, 4.69) is 5.32 Å². The molecule has 1 heterocycles. The van der Waals surface area contributed by atoms with Crippen molar-refractivity contribution in [3.8, 4) is 5.75 Å². The van der Waals surface area contributed by atoms with Gasteiger partial charge in [0.15, 0.2) is 0 Å². The number of nitrogens with one attached hydrogen (secondary N) is 1. The number of methoxy groups -OCH3 is 1. The van der Waals surface area contributed by atoms with Crippen molar-refractivity contribution in [3.63, 3.8) is 0 Å². The zero-order chi connectivity index (χ0) is 14.2. The highest BCUT2D eigenvalue weighted by Crippen LogP contribution is 2.20. The molecule has 2 rings (SSSR count). The molecule has 102 valence electrons. The van der Waals surface area contributed by atoms with Gasteiger partial charge in [-0.15, -0.1) is 0 Å². The quantitative estimate of drug-likeness (QED) is 0.873. The summed E-state index contributed by atoms with van der Waals surface area (Å²) in [6, 6.07) is 5.20. The molecule has 1 unspecified atom stereocenters. The van der Waals surface area contributed by atoms with Crippen LogP contribution in [-0.4, -0.2) is 23.3 Å². The first-order valence-corrected chi connectivity index (χ1v) is 5.98. The van der Waals surface area contributed by atoms with Crippen LogP contribution in [0.25, 0.3) is 10.9 Å². The first kappa shape index (κ1) is 13.4. The maximum atomic E-state index is 12.5. The van der Waals surface area contributed by atoms with Gasteiger partial charge in [-0.2, -0.15) is 0 Å². The number of rotatable bonds is 3. The van der Waals surface area contributed by atoms with Crippen molar-refractivity contribution >= 4 is 10.9 Å². The van der Waals surface area contributed by atoms with E-state index in [0.717, 1.165) is 0 Å². The Hall–Kier alpha value is -2.08.